The molecule has 2 aliphatic heterocycles. The molecule has 1 N–H and O–H groups in total. The summed E-state index contributed by atoms with van der Waals surface area (Å²) in [4.78, 5) is 44.0. The van der Waals surface area contributed by atoms with E-state index in [9.17, 15) is 14.4 Å². The van der Waals surface area contributed by atoms with Gasteiger partial charge in [0.15, 0.2) is 5.69 Å². The maximum atomic E-state index is 13.7. The van der Waals surface area contributed by atoms with Gasteiger partial charge in [-0.3, -0.25) is 19.1 Å². The first-order valence-corrected chi connectivity index (χ1v) is 14.7. The highest BCUT2D eigenvalue weighted by molar-refractivity contribution is 6.04. The van der Waals surface area contributed by atoms with Crippen LogP contribution >= 0.6 is 0 Å². The van der Waals surface area contributed by atoms with Crippen molar-refractivity contribution in [3.63, 3.8) is 0 Å². The molecule has 1 aromatic heterocycles. The molecule has 6 rings (SSSR count). The smallest absolute Gasteiger partial charge is 0.275 e. The molecule has 2 bridgehead atoms. The van der Waals surface area contributed by atoms with E-state index in [1.54, 1.807) is 26.6 Å². The third-order valence-corrected chi connectivity index (χ3v) is 8.24. The number of benzene rings is 3. The zero-order chi connectivity index (χ0) is 29.8. The normalized spacial score (nSPS) is 19.5. The summed E-state index contributed by atoms with van der Waals surface area (Å²) < 4.78 is 7.80. The third-order valence-electron chi connectivity index (χ3n) is 8.24. The van der Waals surface area contributed by atoms with Crippen LogP contribution in [-0.4, -0.2) is 76.6 Å². The van der Waals surface area contributed by atoms with Gasteiger partial charge in [-0.25, -0.2) is 0 Å². The highest BCUT2D eigenvalue weighted by atomic mass is 16.5. The van der Waals surface area contributed by atoms with E-state index >= 15 is 0 Å². The van der Waals surface area contributed by atoms with Crippen LogP contribution in [0.3, 0.4) is 0 Å². The molecule has 1 fully saturated rings. The monoisotopic (exact) mass is 577 g/mol. The summed E-state index contributed by atoms with van der Waals surface area (Å²) in [5, 5.41) is 8.38. The zero-order valence-corrected chi connectivity index (χ0v) is 24.2. The van der Waals surface area contributed by atoms with Crippen LogP contribution in [0, 0.1) is 5.92 Å². The van der Waals surface area contributed by atoms with Crippen molar-refractivity contribution in [1.82, 2.24) is 24.9 Å². The van der Waals surface area contributed by atoms with Crippen molar-refractivity contribution >= 4 is 34.7 Å². The lowest BCUT2D eigenvalue weighted by Gasteiger charge is -2.24. The average Bonchev–Trinajstić information content (AvgIpc) is 3.63. The zero-order valence-electron chi connectivity index (χ0n) is 24.2. The minimum atomic E-state index is -0.434. The molecule has 1 saturated heterocycles. The Morgan fingerprint density at radius 1 is 0.930 bits per heavy atom. The number of carbonyl (C=O) groups excluding carboxylic acids is 3. The van der Waals surface area contributed by atoms with Gasteiger partial charge in [0.1, 0.15) is 5.75 Å². The van der Waals surface area contributed by atoms with Gasteiger partial charge in [0, 0.05) is 57.2 Å². The maximum absolute atomic E-state index is 13.7. The molecule has 0 aliphatic carbocycles. The molecule has 2 atom stereocenters. The second-order valence-electron chi connectivity index (χ2n) is 11.0. The minimum absolute atomic E-state index is 0.131. The van der Waals surface area contributed by atoms with Gasteiger partial charge in [0.2, 0.25) is 11.8 Å². The van der Waals surface area contributed by atoms with Gasteiger partial charge in [0.05, 0.1) is 18.0 Å². The van der Waals surface area contributed by atoms with Crippen molar-refractivity contribution in [3.05, 3.63) is 102 Å². The number of nitrogens with zero attached hydrogens (tertiary/aromatic N) is 4. The van der Waals surface area contributed by atoms with Crippen molar-refractivity contribution in [3.8, 4) is 5.75 Å². The molecule has 220 valence electrons. The van der Waals surface area contributed by atoms with Crippen molar-refractivity contribution in [1.29, 1.82) is 0 Å². The first-order valence-electron chi connectivity index (χ1n) is 14.7. The molecule has 3 amide bonds. The summed E-state index contributed by atoms with van der Waals surface area (Å²) in [6.07, 6.45) is 3.99. The molecular formula is C34H35N5O4. The third kappa shape index (κ3) is 6.16. The Morgan fingerprint density at radius 3 is 2.58 bits per heavy atom. The van der Waals surface area contributed by atoms with Crippen molar-refractivity contribution in [2.24, 2.45) is 13.0 Å². The summed E-state index contributed by atoms with van der Waals surface area (Å²) in [5.74, 6) is -0.355. The van der Waals surface area contributed by atoms with Crippen LogP contribution < -0.4 is 10.1 Å². The molecule has 9 heteroatoms. The molecule has 3 heterocycles. The van der Waals surface area contributed by atoms with E-state index in [0.717, 1.165) is 22.0 Å². The fraction of sp³-hybridized carbons (Fsp3) is 0.294. The number of carbonyl (C=O) groups is 3. The Morgan fingerprint density at radius 2 is 1.72 bits per heavy atom. The number of fused-ring (bicyclic) bond motifs is 5. The molecule has 0 radical (unpaired) electrons. The summed E-state index contributed by atoms with van der Waals surface area (Å²) in [6, 6.07) is 25.1. The average molecular weight is 578 g/mol. The number of aromatic nitrogens is 2. The fourth-order valence-electron chi connectivity index (χ4n) is 5.99. The molecule has 3 aromatic carbocycles. The van der Waals surface area contributed by atoms with Crippen LogP contribution in [0.15, 0.2) is 84.9 Å². The van der Waals surface area contributed by atoms with Crippen LogP contribution in [0.2, 0.25) is 0 Å². The number of likely N-dealkylation sites (tertiary alicyclic amines) is 1. The number of ether oxygens (including phenoxy) is 1. The van der Waals surface area contributed by atoms with Crippen molar-refractivity contribution < 1.29 is 19.1 Å². The van der Waals surface area contributed by atoms with Gasteiger partial charge in [-0.2, -0.15) is 5.10 Å². The highest BCUT2D eigenvalue weighted by Gasteiger charge is 2.40. The number of hydrogen-bond donors (Lipinski definition) is 1. The predicted octanol–water partition coefficient (Wildman–Crippen LogP) is 3.87. The summed E-state index contributed by atoms with van der Waals surface area (Å²) in [5.41, 5.74) is 3.19. The molecule has 2 aliphatic rings. The van der Waals surface area contributed by atoms with Crippen molar-refractivity contribution in [2.75, 3.05) is 39.3 Å². The maximum Gasteiger partial charge on any atom is 0.275 e. The Kier molecular flexibility index (Phi) is 8.22. The number of amides is 3. The van der Waals surface area contributed by atoms with Crippen LogP contribution in [0.5, 0.6) is 5.75 Å². The van der Waals surface area contributed by atoms with Crippen LogP contribution in [0.1, 0.15) is 34.0 Å². The van der Waals surface area contributed by atoms with Gasteiger partial charge in [-0.15, -0.1) is 0 Å². The van der Waals surface area contributed by atoms with Crippen LogP contribution in [0.4, 0.5) is 0 Å². The number of nitrogens with one attached hydrogen (secondary N) is 1. The Balaban J connectivity index is 1.22. The Hall–Kier alpha value is -4.92. The molecule has 0 saturated carbocycles. The largest absolute Gasteiger partial charge is 0.494 e. The van der Waals surface area contributed by atoms with Gasteiger partial charge in [-0.05, 0) is 41.8 Å². The topological polar surface area (TPSA) is 96.8 Å². The quantitative estimate of drug-likeness (QED) is 0.373. The lowest BCUT2D eigenvalue weighted by atomic mass is 9.88. The number of hydrogen-bond acceptors (Lipinski definition) is 5. The lowest BCUT2D eigenvalue weighted by molar-refractivity contribution is -0.126. The van der Waals surface area contributed by atoms with Gasteiger partial charge in [0.25, 0.3) is 5.91 Å². The van der Waals surface area contributed by atoms with E-state index in [-0.39, 0.29) is 23.6 Å². The van der Waals surface area contributed by atoms with Crippen LogP contribution in [0.25, 0.3) is 17.0 Å². The number of para-hydroxylation sites is 1. The van der Waals surface area contributed by atoms with E-state index < -0.39 is 5.92 Å². The number of aryl methyl sites for hydroxylation is 1. The first kappa shape index (κ1) is 28.2. The van der Waals surface area contributed by atoms with E-state index in [1.807, 2.05) is 85.9 Å². The van der Waals surface area contributed by atoms with Crippen LogP contribution in [-0.2, 0) is 16.6 Å². The van der Waals surface area contributed by atoms with E-state index in [0.29, 0.717) is 57.2 Å². The minimum Gasteiger partial charge on any atom is -0.494 e. The van der Waals surface area contributed by atoms with Crippen molar-refractivity contribution in [2.45, 2.75) is 12.3 Å². The fourth-order valence-corrected chi connectivity index (χ4v) is 5.99. The Bertz CT molecular complexity index is 1660. The summed E-state index contributed by atoms with van der Waals surface area (Å²) in [6.45, 7) is 2.26. The highest BCUT2D eigenvalue weighted by Crippen LogP contribution is 2.35. The van der Waals surface area contributed by atoms with E-state index in [1.165, 1.54) is 0 Å². The van der Waals surface area contributed by atoms with E-state index in [2.05, 4.69) is 10.4 Å². The number of rotatable bonds is 3. The first-order chi connectivity index (χ1) is 21.0. The Labute approximate surface area is 250 Å². The molecule has 9 nitrogen and oxygen atoms in total. The second-order valence-corrected chi connectivity index (χ2v) is 11.0. The molecule has 0 unspecified atom stereocenters. The van der Waals surface area contributed by atoms with Gasteiger partial charge in [-0.1, -0.05) is 60.7 Å². The van der Waals surface area contributed by atoms with Gasteiger partial charge >= 0.3 is 0 Å². The van der Waals surface area contributed by atoms with Gasteiger partial charge < -0.3 is 19.9 Å². The molecule has 0 spiro atoms. The molecule has 43 heavy (non-hydrogen) atoms. The summed E-state index contributed by atoms with van der Waals surface area (Å²) >= 11 is 0. The molecular weight excluding hydrogens is 542 g/mol. The predicted molar refractivity (Wildman–Crippen MR) is 164 cm³/mol. The summed E-state index contributed by atoms with van der Waals surface area (Å²) in [7, 11) is 1.83. The molecule has 4 aromatic rings. The lowest BCUT2D eigenvalue weighted by Crippen LogP contribution is -2.42. The SMILES string of the molecule is Cn1nc(C(=O)N2CCCOc3cccc(c3)[C@H]3CN(C(=O)C=Cc4ccccc4)C[C@@H]3C(=O)NCC2)c2ccccc21. The standard InChI is InChI=1S/C34H35N5O4/c1-37-30-14-6-5-13-27(30)32(36-37)34(42)38-18-8-20-43-26-12-7-11-25(21-26)28-22-39(23-29(28)33(41)35-17-19-38)31(40)16-15-24-9-3-2-4-10-24/h2-7,9-16,21,28-29H,8,17-20,22-23H2,1H3,(H,35,41)/t28-,29+/m1/s1. The second kappa shape index (κ2) is 12.5. The van der Waals surface area contributed by atoms with E-state index in [4.69, 9.17) is 4.74 Å².